The fraction of sp³-hybridized carbons (Fsp3) is 0.733. The minimum absolute atomic E-state index is 0.117. The molecule has 5 nitrogen and oxygen atoms in total. The van der Waals surface area contributed by atoms with Gasteiger partial charge in [-0.15, -0.1) is 0 Å². The summed E-state index contributed by atoms with van der Waals surface area (Å²) in [6, 6.07) is 0. The second-order valence-corrected chi connectivity index (χ2v) is 7.08. The van der Waals surface area contributed by atoms with E-state index < -0.39 is 5.60 Å². The first kappa shape index (κ1) is 18.0. The van der Waals surface area contributed by atoms with Gasteiger partial charge in [-0.05, 0) is 25.2 Å². The maximum absolute atomic E-state index is 12.1. The van der Waals surface area contributed by atoms with E-state index in [1.54, 1.807) is 6.92 Å². The molecule has 1 unspecified atom stereocenters. The van der Waals surface area contributed by atoms with Gasteiger partial charge in [-0.1, -0.05) is 39.3 Å². The number of hydrogen-bond donors (Lipinski definition) is 2. The molecule has 0 aliphatic heterocycles. The number of aromatic nitrogens is 2. The van der Waals surface area contributed by atoms with Crippen LogP contribution in [0, 0.1) is 11.8 Å². The Bertz CT molecular complexity index is 524. The second kappa shape index (κ2) is 7.27. The number of nitrogens with one attached hydrogen (secondary N) is 1. The van der Waals surface area contributed by atoms with E-state index in [1.807, 2.05) is 13.8 Å². The van der Waals surface area contributed by atoms with Crippen LogP contribution < -0.4 is 10.9 Å². The Morgan fingerprint density at radius 3 is 2.52 bits per heavy atom. The Morgan fingerprint density at radius 2 is 2.00 bits per heavy atom. The standard InChI is InChI=1S/C15H26ClN3O2/c1-10(2)6-15(5,21)9-17-12-7-18-19(8-11(3)4)14(20)13(12)16/h7,10-11,17,21H,6,8-9H2,1-5H3. The first-order chi connectivity index (χ1) is 9.62. The molecule has 0 saturated heterocycles. The van der Waals surface area contributed by atoms with Crippen LogP contribution >= 0.6 is 11.6 Å². The van der Waals surface area contributed by atoms with Gasteiger partial charge in [-0.2, -0.15) is 5.10 Å². The summed E-state index contributed by atoms with van der Waals surface area (Å²) in [5.74, 6) is 0.700. The van der Waals surface area contributed by atoms with Crippen LogP contribution in [0.1, 0.15) is 41.0 Å². The number of hydrogen-bond acceptors (Lipinski definition) is 4. The molecule has 0 bridgehead atoms. The van der Waals surface area contributed by atoms with Gasteiger partial charge in [-0.25, -0.2) is 4.68 Å². The number of aliphatic hydroxyl groups is 1. The predicted octanol–water partition coefficient (Wildman–Crippen LogP) is 2.76. The molecule has 1 atom stereocenters. The normalized spacial score (nSPS) is 14.5. The van der Waals surface area contributed by atoms with Gasteiger partial charge in [0.1, 0.15) is 5.02 Å². The molecular formula is C15H26ClN3O2. The lowest BCUT2D eigenvalue weighted by atomic mass is 9.94. The molecule has 0 saturated carbocycles. The Kier molecular flexibility index (Phi) is 6.23. The molecule has 0 fully saturated rings. The molecule has 1 aromatic rings. The SMILES string of the molecule is CC(C)Cn1ncc(NCC(C)(O)CC(C)C)c(Cl)c1=O. The van der Waals surface area contributed by atoms with Crippen LogP contribution in [0.2, 0.25) is 5.02 Å². The Labute approximate surface area is 131 Å². The lowest BCUT2D eigenvalue weighted by molar-refractivity contribution is 0.0515. The van der Waals surface area contributed by atoms with E-state index in [9.17, 15) is 9.90 Å². The maximum Gasteiger partial charge on any atom is 0.287 e. The summed E-state index contributed by atoms with van der Waals surface area (Å²) in [5, 5.41) is 17.5. The summed E-state index contributed by atoms with van der Waals surface area (Å²) < 4.78 is 1.37. The fourth-order valence-electron chi connectivity index (χ4n) is 2.30. The van der Waals surface area contributed by atoms with Crippen molar-refractivity contribution in [1.82, 2.24) is 9.78 Å². The molecule has 0 spiro atoms. The van der Waals surface area contributed by atoms with Gasteiger partial charge in [0.2, 0.25) is 0 Å². The van der Waals surface area contributed by atoms with Crippen LogP contribution in [0.4, 0.5) is 5.69 Å². The predicted molar refractivity (Wildman–Crippen MR) is 86.9 cm³/mol. The molecule has 2 N–H and O–H groups in total. The summed E-state index contributed by atoms with van der Waals surface area (Å²) >= 11 is 6.10. The minimum atomic E-state index is -0.857. The third kappa shape index (κ3) is 5.67. The number of nitrogens with zero attached hydrogens (tertiary/aromatic N) is 2. The van der Waals surface area contributed by atoms with Crippen molar-refractivity contribution >= 4 is 17.3 Å². The average molecular weight is 316 g/mol. The van der Waals surface area contributed by atoms with Crippen molar-refractivity contribution in [3.63, 3.8) is 0 Å². The van der Waals surface area contributed by atoms with Crippen LogP contribution in [0.15, 0.2) is 11.0 Å². The van der Waals surface area contributed by atoms with Crippen LogP contribution in [-0.2, 0) is 6.54 Å². The zero-order chi connectivity index (χ0) is 16.2. The maximum atomic E-state index is 12.1. The van der Waals surface area contributed by atoms with Gasteiger partial charge in [0.15, 0.2) is 0 Å². The Hall–Kier alpha value is -1.07. The van der Waals surface area contributed by atoms with Crippen molar-refractivity contribution < 1.29 is 5.11 Å². The molecule has 0 aromatic carbocycles. The Balaban J connectivity index is 2.82. The highest BCUT2D eigenvalue weighted by molar-refractivity contribution is 6.32. The molecule has 120 valence electrons. The van der Waals surface area contributed by atoms with Gasteiger partial charge in [0, 0.05) is 13.1 Å². The molecule has 0 aliphatic carbocycles. The largest absolute Gasteiger partial charge is 0.388 e. The van der Waals surface area contributed by atoms with Crippen LogP contribution in [0.3, 0.4) is 0 Å². The van der Waals surface area contributed by atoms with Crippen LogP contribution in [0.5, 0.6) is 0 Å². The summed E-state index contributed by atoms with van der Waals surface area (Å²) in [6.45, 7) is 10.7. The third-order valence-electron chi connectivity index (χ3n) is 3.03. The van der Waals surface area contributed by atoms with Crippen molar-refractivity contribution in [1.29, 1.82) is 0 Å². The van der Waals surface area contributed by atoms with E-state index in [0.717, 1.165) is 0 Å². The molecule has 0 amide bonds. The van der Waals surface area contributed by atoms with E-state index >= 15 is 0 Å². The highest BCUT2D eigenvalue weighted by atomic mass is 35.5. The first-order valence-electron chi connectivity index (χ1n) is 7.34. The van der Waals surface area contributed by atoms with Crippen molar-refractivity contribution in [2.24, 2.45) is 11.8 Å². The fourth-order valence-corrected chi connectivity index (χ4v) is 2.51. The van der Waals surface area contributed by atoms with Crippen molar-refractivity contribution in [2.45, 2.75) is 53.2 Å². The minimum Gasteiger partial charge on any atom is -0.388 e. The van der Waals surface area contributed by atoms with E-state index in [2.05, 4.69) is 24.3 Å². The van der Waals surface area contributed by atoms with Gasteiger partial charge in [-0.3, -0.25) is 4.79 Å². The van der Waals surface area contributed by atoms with Crippen LogP contribution in [-0.4, -0.2) is 27.0 Å². The van der Waals surface area contributed by atoms with Crippen molar-refractivity contribution in [3.05, 3.63) is 21.6 Å². The van der Waals surface area contributed by atoms with E-state index in [1.165, 1.54) is 10.9 Å². The molecule has 1 aromatic heterocycles. The monoisotopic (exact) mass is 315 g/mol. The second-order valence-electron chi connectivity index (χ2n) is 6.70. The van der Waals surface area contributed by atoms with Gasteiger partial charge in [0.25, 0.3) is 5.56 Å². The zero-order valence-electron chi connectivity index (χ0n) is 13.5. The molecule has 0 aliphatic rings. The topological polar surface area (TPSA) is 67.2 Å². The lowest BCUT2D eigenvalue weighted by Crippen LogP contribution is -2.35. The lowest BCUT2D eigenvalue weighted by Gasteiger charge is -2.26. The molecular weight excluding hydrogens is 290 g/mol. The van der Waals surface area contributed by atoms with Crippen molar-refractivity contribution in [2.75, 3.05) is 11.9 Å². The van der Waals surface area contributed by atoms with Gasteiger partial charge >= 0.3 is 0 Å². The third-order valence-corrected chi connectivity index (χ3v) is 3.40. The molecule has 6 heteroatoms. The van der Waals surface area contributed by atoms with Crippen molar-refractivity contribution in [3.8, 4) is 0 Å². The van der Waals surface area contributed by atoms with Gasteiger partial charge < -0.3 is 10.4 Å². The smallest absolute Gasteiger partial charge is 0.287 e. The number of halogens is 1. The van der Waals surface area contributed by atoms with E-state index in [-0.39, 0.29) is 10.6 Å². The number of rotatable bonds is 7. The zero-order valence-corrected chi connectivity index (χ0v) is 14.2. The highest BCUT2D eigenvalue weighted by Crippen LogP contribution is 2.20. The Morgan fingerprint density at radius 1 is 1.38 bits per heavy atom. The summed E-state index contributed by atoms with van der Waals surface area (Å²) in [7, 11) is 0. The van der Waals surface area contributed by atoms with Crippen LogP contribution in [0.25, 0.3) is 0 Å². The molecule has 21 heavy (non-hydrogen) atoms. The molecule has 1 rings (SSSR count). The first-order valence-corrected chi connectivity index (χ1v) is 7.72. The van der Waals surface area contributed by atoms with E-state index in [4.69, 9.17) is 11.6 Å². The highest BCUT2D eigenvalue weighted by Gasteiger charge is 2.22. The summed E-state index contributed by atoms with van der Waals surface area (Å²) in [4.78, 5) is 12.1. The summed E-state index contributed by atoms with van der Waals surface area (Å²) in [6.07, 6.45) is 2.20. The molecule has 0 radical (unpaired) electrons. The summed E-state index contributed by atoms with van der Waals surface area (Å²) in [5.41, 5.74) is -0.700. The quantitative estimate of drug-likeness (QED) is 0.812. The molecule has 1 heterocycles. The van der Waals surface area contributed by atoms with Gasteiger partial charge in [0.05, 0.1) is 17.5 Å². The number of anilines is 1. The average Bonchev–Trinajstić information content (AvgIpc) is 2.32. The van der Waals surface area contributed by atoms with E-state index in [0.29, 0.717) is 37.0 Å².